The zero-order valence-electron chi connectivity index (χ0n) is 12.7. The molecule has 3 heterocycles. The van der Waals surface area contributed by atoms with Crippen LogP contribution in [0.3, 0.4) is 0 Å². The second kappa shape index (κ2) is 6.08. The Balaban J connectivity index is 1.39. The van der Waals surface area contributed by atoms with E-state index in [1.807, 2.05) is 0 Å². The summed E-state index contributed by atoms with van der Waals surface area (Å²) in [5, 5.41) is 0. The first-order valence-electron chi connectivity index (χ1n) is 8.02. The Morgan fingerprint density at radius 2 is 1.37 bits per heavy atom. The van der Waals surface area contributed by atoms with Gasteiger partial charge in [-0.1, -0.05) is 0 Å². The van der Waals surface area contributed by atoms with E-state index in [1.165, 1.54) is 71.9 Å². The van der Waals surface area contributed by atoms with Crippen molar-refractivity contribution in [3.63, 3.8) is 0 Å². The van der Waals surface area contributed by atoms with Crippen molar-refractivity contribution in [1.82, 2.24) is 19.6 Å². The van der Waals surface area contributed by atoms with Crippen LogP contribution in [0.4, 0.5) is 0 Å². The Labute approximate surface area is 118 Å². The van der Waals surface area contributed by atoms with Crippen molar-refractivity contribution in [3.05, 3.63) is 0 Å². The summed E-state index contributed by atoms with van der Waals surface area (Å²) in [6.45, 7) is 12.9. The van der Waals surface area contributed by atoms with Crippen LogP contribution in [0.1, 0.15) is 6.42 Å². The van der Waals surface area contributed by atoms with Gasteiger partial charge in [-0.3, -0.25) is 4.90 Å². The molecule has 0 aromatic carbocycles. The molecule has 19 heavy (non-hydrogen) atoms. The number of piperidine rings is 1. The largest absolute Gasteiger partial charge is 0.306 e. The summed E-state index contributed by atoms with van der Waals surface area (Å²) in [6.07, 6.45) is 1.43. The van der Waals surface area contributed by atoms with Crippen LogP contribution in [0.5, 0.6) is 0 Å². The number of fused-ring (bicyclic) bond motifs is 1. The molecule has 0 amide bonds. The summed E-state index contributed by atoms with van der Waals surface area (Å²) in [4.78, 5) is 10.3. The smallest absolute Gasteiger partial charge is 0.0110 e. The summed E-state index contributed by atoms with van der Waals surface area (Å²) in [6, 6.07) is 0. The molecule has 2 atom stereocenters. The number of nitrogens with zero attached hydrogens (tertiary/aromatic N) is 4. The third-order valence-electron chi connectivity index (χ3n) is 5.40. The number of piperazine rings is 1. The van der Waals surface area contributed by atoms with Gasteiger partial charge in [0, 0.05) is 58.9 Å². The molecule has 0 aromatic rings. The van der Waals surface area contributed by atoms with Gasteiger partial charge in [-0.15, -0.1) is 0 Å². The molecule has 2 unspecified atom stereocenters. The van der Waals surface area contributed by atoms with Crippen LogP contribution in [0.2, 0.25) is 0 Å². The molecule has 3 aliphatic heterocycles. The highest BCUT2D eigenvalue weighted by molar-refractivity contribution is 4.89. The Bertz CT molecular complexity index is 288. The van der Waals surface area contributed by atoms with Gasteiger partial charge >= 0.3 is 0 Å². The number of likely N-dealkylation sites (tertiary alicyclic amines) is 2. The lowest BCUT2D eigenvalue weighted by Gasteiger charge is -2.37. The van der Waals surface area contributed by atoms with Gasteiger partial charge in [-0.25, -0.2) is 0 Å². The Morgan fingerprint density at radius 3 is 2.16 bits per heavy atom. The molecule has 3 saturated heterocycles. The van der Waals surface area contributed by atoms with Gasteiger partial charge in [0.15, 0.2) is 0 Å². The number of hydrogen-bond acceptors (Lipinski definition) is 4. The van der Waals surface area contributed by atoms with Gasteiger partial charge in [0.05, 0.1) is 0 Å². The molecular formula is C15H30N4. The maximum Gasteiger partial charge on any atom is 0.0110 e. The molecule has 0 radical (unpaired) electrons. The number of likely N-dealkylation sites (N-methyl/N-ethyl adjacent to an activating group) is 1. The Hall–Kier alpha value is -0.160. The van der Waals surface area contributed by atoms with Gasteiger partial charge in [0.25, 0.3) is 0 Å². The van der Waals surface area contributed by atoms with Crippen molar-refractivity contribution >= 4 is 0 Å². The molecule has 4 nitrogen and oxygen atoms in total. The van der Waals surface area contributed by atoms with Crippen molar-refractivity contribution in [2.75, 3.05) is 79.5 Å². The van der Waals surface area contributed by atoms with Crippen LogP contribution in [0.25, 0.3) is 0 Å². The van der Waals surface area contributed by atoms with Crippen molar-refractivity contribution < 1.29 is 0 Å². The number of rotatable bonds is 3. The summed E-state index contributed by atoms with van der Waals surface area (Å²) in [5.41, 5.74) is 0. The molecule has 0 aliphatic carbocycles. The van der Waals surface area contributed by atoms with Crippen molar-refractivity contribution in [3.8, 4) is 0 Å². The zero-order chi connectivity index (χ0) is 13.2. The van der Waals surface area contributed by atoms with Crippen LogP contribution < -0.4 is 0 Å². The van der Waals surface area contributed by atoms with Crippen molar-refractivity contribution in [2.24, 2.45) is 11.8 Å². The topological polar surface area (TPSA) is 13.0 Å². The van der Waals surface area contributed by atoms with Crippen LogP contribution in [-0.2, 0) is 0 Å². The third-order valence-corrected chi connectivity index (χ3v) is 5.40. The standard InChI is InChI=1S/C15H30N4/c1-16-5-7-18(8-6-16)9-10-19-4-3-14-11-17(2)12-15(14)13-19/h14-15H,3-13H2,1-2H3. The van der Waals surface area contributed by atoms with Gasteiger partial charge in [0.1, 0.15) is 0 Å². The number of hydrogen-bond donors (Lipinski definition) is 0. The fourth-order valence-electron chi connectivity index (χ4n) is 4.04. The van der Waals surface area contributed by atoms with E-state index in [-0.39, 0.29) is 0 Å². The first-order chi connectivity index (χ1) is 9.20. The molecule has 3 fully saturated rings. The first-order valence-corrected chi connectivity index (χ1v) is 8.02. The molecule has 110 valence electrons. The highest BCUT2D eigenvalue weighted by atomic mass is 15.3. The van der Waals surface area contributed by atoms with Crippen molar-refractivity contribution in [1.29, 1.82) is 0 Å². The van der Waals surface area contributed by atoms with E-state index in [9.17, 15) is 0 Å². The summed E-state index contributed by atoms with van der Waals surface area (Å²) < 4.78 is 0. The second-order valence-corrected chi connectivity index (χ2v) is 6.98. The summed E-state index contributed by atoms with van der Waals surface area (Å²) >= 11 is 0. The fourth-order valence-corrected chi connectivity index (χ4v) is 4.04. The van der Waals surface area contributed by atoms with E-state index in [2.05, 4.69) is 33.7 Å². The van der Waals surface area contributed by atoms with Gasteiger partial charge in [0.2, 0.25) is 0 Å². The molecule has 3 rings (SSSR count). The monoisotopic (exact) mass is 266 g/mol. The van der Waals surface area contributed by atoms with E-state index >= 15 is 0 Å². The fraction of sp³-hybridized carbons (Fsp3) is 1.00. The minimum atomic E-state index is 0.950. The maximum absolute atomic E-state index is 2.72. The molecule has 4 heteroatoms. The van der Waals surface area contributed by atoms with Gasteiger partial charge in [-0.2, -0.15) is 0 Å². The average Bonchev–Trinajstić information content (AvgIpc) is 2.77. The predicted molar refractivity (Wildman–Crippen MR) is 79.5 cm³/mol. The molecule has 0 saturated carbocycles. The lowest BCUT2D eigenvalue weighted by Crippen LogP contribution is -2.48. The molecule has 0 spiro atoms. The van der Waals surface area contributed by atoms with Crippen LogP contribution >= 0.6 is 0 Å². The van der Waals surface area contributed by atoms with E-state index < -0.39 is 0 Å². The molecule has 0 aromatic heterocycles. The maximum atomic E-state index is 2.72. The van der Waals surface area contributed by atoms with Crippen LogP contribution in [0.15, 0.2) is 0 Å². The molecular weight excluding hydrogens is 236 g/mol. The average molecular weight is 266 g/mol. The zero-order valence-corrected chi connectivity index (χ0v) is 12.7. The molecule has 0 bridgehead atoms. The molecule has 3 aliphatic rings. The minimum absolute atomic E-state index is 0.950. The Kier molecular flexibility index (Phi) is 4.42. The SMILES string of the molecule is CN1CCN(CCN2CCC3CN(C)CC3C2)CC1. The third kappa shape index (κ3) is 3.48. The van der Waals surface area contributed by atoms with Crippen LogP contribution in [-0.4, -0.2) is 99.1 Å². The van der Waals surface area contributed by atoms with E-state index in [4.69, 9.17) is 0 Å². The lowest BCUT2D eigenvalue weighted by atomic mass is 9.89. The predicted octanol–water partition coefficient (Wildman–Crippen LogP) is 0.117. The van der Waals surface area contributed by atoms with E-state index in [0.29, 0.717) is 0 Å². The van der Waals surface area contributed by atoms with Gasteiger partial charge in [-0.05, 0) is 38.9 Å². The Morgan fingerprint density at radius 1 is 0.684 bits per heavy atom. The minimum Gasteiger partial charge on any atom is -0.306 e. The normalized spacial score (nSPS) is 35.7. The highest BCUT2D eigenvalue weighted by Crippen LogP contribution is 2.29. The second-order valence-electron chi connectivity index (χ2n) is 6.98. The highest BCUT2D eigenvalue weighted by Gasteiger charge is 2.35. The van der Waals surface area contributed by atoms with E-state index in [1.54, 1.807) is 0 Å². The van der Waals surface area contributed by atoms with Crippen LogP contribution in [0, 0.1) is 11.8 Å². The summed E-state index contributed by atoms with van der Waals surface area (Å²) in [5.74, 6) is 1.94. The first kappa shape index (κ1) is 13.8. The molecule has 0 N–H and O–H groups in total. The lowest BCUT2D eigenvalue weighted by molar-refractivity contribution is 0.106. The quantitative estimate of drug-likeness (QED) is 0.719. The van der Waals surface area contributed by atoms with Gasteiger partial charge < -0.3 is 14.7 Å². The van der Waals surface area contributed by atoms with Crippen molar-refractivity contribution in [2.45, 2.75) is 6.42 Å². The van der Waals surface area contributed by atoms with E-state index in [0.717, 1.165) is 11.8 Å². The summed E-state index contributed by atoms with van der Waals surface area (Å²) in [7, 11) is 4.52.